The van der Waals surface area contributed by atoms with Crippen molar-refractivity contribution in [1.82, 2.24) is 10.2 Å². The Hall–Kier alpha value is -0.810. The van der Waals surface area contributed by atoms with Crippen molar-refractivity contribution in [2.45, 2.75) is 19.6 Å². The molecule has 0 radical (unpaired) electrons. The van der Waals surface area contributed by atoms with Crippen LogP contribution in [0, 0.1) is 0 Å². The molecule has 4 nitrogen and oxygen atoms in total. The molecule has 1 fully saturated rings. The van der Waals surface area contributed by atoms with Crippen LogP contribution in [0.15, 0.2) is 18.2 Å². The van der Waals surface area contributed by atoms with E-state index in [0.29, 0.717) is 23.2 Å². The summed E-state index contributed by atoms with van der Waals surface area (Å²) in [7, 11) is 0. The zero-order valence-electron chi connectivity index (χ0n) is 11.4. The number of benzene rings is 1. The molecule has 2 rings (SSSR count). The van der Waals surface area contributed by atoms with Crippen LogP contribution in [0.1, 0.15) is 12.5 Å². The van der Waals surface area contributed by atoms with Gasteiger partial charge in [0.25, 0.3) is 0 Å². The van der Waals surface area contributed by atoms with Crippen LogP contribution in [0.2, 0.25) is 10.0 Å². The number of hydrogen-bond donors (Lipinski definition) is 1. The van der Waals surface area contributed by atoms with Crippen LogP contribution in [0.4, 0.5) is 0 Å². The van der Waals surface area contributed by atoms with Gasteiger partial charge in [0.05, 0.1) is 22.8 Å². The molecule has 6 heteroatoms. The number of nitrogens with zero attached hydrogens (tertiary/aromatic N) is 1. The van der Waals surface area contributed by atoms with E-state index in [4.69, 9.17) is 27.9 Å². The third-order valence-electron chi connectivity index (χ3n) is 3.19. The lowest BCUT2D eigenvalue weighted by Gasteiger charge is -2.33. The normalized spacial score (nSPS) is 19.9. The minimum absolute atomic E-state index is 0.0322. The Bertz CT molecular complexity index is 482. The molecular formula is C14H18Cl2N2O2. The summed E-state index contributed by atoms with van der Waals surface area (Å²) in [5, 5.41) is 3.93. The van der Waals surface area contributed by atoms with Gasteiger partial charge >= 0.3 is 0 Å². The molecular weight excluding hydrogens is 299 g/mol. The first-order chi connectivity index (χ1) is 9.54. The summed E-state index contributed by atoms with van der Waals surface area (Å²) in [6.07, 6.45) is 0.0374. The summed E-state index contributed by atoms with van der Waals surface area (Å²) in [5.41, 5.74) is 1.12. The Labute approximate surface area is 129 Å². The van der Waals surface area contributed by atoms with Gasteiger partial charge in [-0.25, -0.2) is 0 Å². The second kappa shape index (κ2) is 7.27. The highest BCUT2D eigenvalue weighted by Gasteiger charge is 2.20. The van der Waals surface area contributed by atoms with Gasteiger partial charge in [0.2, 0.25) is 5.91 Å². The van der Waals surface area contributed by atoms with Gasteiger partial charge in [-0.15, -0.1) is 0 Å². The van der Waals surface area contributed by atoms with E-state index in [-0.39, 0.29) is 12.0 Å². The largest absolute Gasteiger partial charge is 0.374 e. The molecule has 1 saturated heterocycles. The Balaban J connectivity index is 1.88. The highest BCUT2D eigenvalue weighted by atomic mass is 35.5. The summed E-state index contributed by atoms with van der Waals surface area (Å²) in [6, 6.07) is 5.68. The second-order valence-electron chi connectivity index (χ2n) is 4.91. The number of nitrogens with one attached hydrogen (secondary N) is 1. The van der Waals surface area contributed by atoms with Crippen LogP contribution in [0.5, 0.6) is 0 Å². The number of ether oxygens (including phenoxy) is 1. The van der Waals surface area contributed by atoms with E-state index in [1.54, 1.807) is 0 Å². The SMILES string of the molecule is CC(=O)NC[C@H]1CN(Cc2ccc(Cl)c(Cl)c2)CCO1. The molecule has 1 amide bonds. The van der Waals surface area contributed by atoms with E-state index in [1.807, 2.05) is 18.2 Å². The number of carbonyl (C=O) groups is 1. The Morgan fingerprint density at radius 3 is 2.95 bits per heavy atom. The minimum Gasteiger partial charge on any atom is -0.374 e. The summed E-state index contributed by atoms with van der Waals surface area (Å²) in [5.74, 6) is -0.0322. The molecule has 1 aliphatic heterocycles. The van der Waals surface area contributed by atoms with Crippen LogP contribution >= 0.6 is 23.2 Å². The van der Waals surface area contributed by atoms with Crippen molar-refractivity contribution >= 4 is 29.1 Å². The lowest BCUT2D eigenvalue weighted by atomic mass is 10.2. The van der Waals surface area contributed by atoms with E-state index in [1.165, 1.54) is 6.92 Å². The van der Waals surface area contributed by atoms with E-state index in [9.17, 15) is 4.79 Å². The van der Waals surface area contributed by atoms with Crippen LogP contribution < -0.4 is 5.32 Å². The predicted molar refractivity (Wildman–Crippen MR) is 80.2 cm³/mol. The standard InChI is InChI=1S/C14H18Cl2N2O2/c1-10(19)17-7-12-9-18(4-5-20-12)8-11-2-3-13(15)14(16)6-11/h2-3,6,12H,4-5,7-9H2,1H3,(H,17,19)/t12-/m0/s1. The van der Waals surface area contributed by atoms with Crippen molar-refractivity contribution in [1.29, 1.82) is 0 Å². The van der Waals surface area contributed by atoms with Gasteiger partial charge in [-0.2, -0.15) is 0 Å². The van der Waals surface area contributed by atoms with E-state index in [0.717, 1.165) is 25.2 Å². The average Bonchev–Trinajstić information content (AvgIpc) is 2.41. The maximum atomic E-state index is 10.9. The topological polar surface area (TPSA) is 41.6 Å². The van der Waals surface area contributed by atoms with Gasteiger partial charge in [0.15, 0.2) is 0 Å². The molecule has 110 valence electrons. The van der Waals surface area contributed by atoms with Crippen molar-refractivity contribution < 1.29 is 9.53 Å². The summed E-state index contributed by atoms with van der Waals surface area (Å²) in [6.45, 7) is 5.20. The molecule has 1 aliphatic rings. The fourth-order valence-corrected chi connectivity index (χ4v) is 2.52. The summed E-state index contributed by atoms with van der Waals surface area (Å²) < 4.78 is 5.64. The molecule has 0 aliphatic carbocycles. The molecule has 1 N–H and O–H groups in total. The number of morpholine rings is 1. The number of hydrogen-bond acceptors (Lipinski definition) is 3. The highest BCUT2D eigenvalue weighted by molar-refractivity contribution is 6.42. The summed E-state index contributed by atoms with van der Waals surface area (Å²) in [4.78, 5) is 13.2. The lowest BCUT2D eigenvalue weighted by molar-refractivity contribution is -0.120. The molecule has 20 heavy (non-hydrogen) atoms. The number of amides is 1. The Morgan fingerprint density at radius 1 is 1.45 bits per heavy atom. The molecule has 0 saturated carbocycles. The summed E-state index contributed by atoms with van der Waals surface area (Å²) >= 11 is 11.9. The van der Waals surface area contributed by atoms with E-state index >= 15 is 0 Å². The average molecular weight is 317 g/mol. The van der Waals surface area contributed by atoms with Gasteiger partial charge < -0.3 is 10.1 Å². The quantitative estimate of drug-likeness (QED) is 0.927. The van der Waals surface area contributed by atoms with Crippen LogP contribution in [0.25, 0.3) is 0 Å². The minimum atomic E-state index is -0.0322. The van der Waals surface area contributed by atoms with Crippen molar-refractivity contribution in [2.24, 2.45) is 0 Å². The fraction of sp³-hybridized carbons (Fsp3) is 0.500. The maximum absolute atomic E-state index is 10.9. The smallest absolute Gasteiger partial charge is 0.216 e. The predicted octanol–water partition coefficient (Wildman–Crippen LogP) is 2.33. The van der Waals surface area contributed by atoms with Gasteiger partial charge in [0, 0.05) is 33.1 Å². The molecule has 1 aromatic rings. The van der Waals surface area contributed by atoms with Crippen LogP contribution in [-0.2, 0) is 16.1 Å². The highest BCUT2D eigenvalue weighted by Crippen LogP contribution is 2.23. The first-order valence-corrected chi connectivity index (χ1v) is 7.32. The van der Waals surface area contributed by atoms with Gasteiger partial charge in [0.1, 0.15) is 0 Å². The van der Waals surface area contributed by atoms with Crippen LogP contribution in [0.3, 0.4) is 0 Å². The first kappa shape index (κ1) is 15.6. The molecule has 1 heterocycles. The molecule has 0 aromatic heterocycles. The van der Waals surface area contributed by atoms with Crippen LogP contribution in [-0.4, -0.2) is 43.2 Å². The third-order valence-corrected chi connectivity index (χ3v) is 3.93. The van der Waals surface area contributed by atoms with Gasteiger partial charge in [-0.1, -0.05) is 29.3 Å². The lowest BCUT2D eigenvalue weighted by Crippen LogP contribution is -2.46. The van der Waals surface area contributed by atoms with Gasteiger partial charge in [-0.05, 0) is 17.7 Å². The van der Waals surface area contributed by atoms with E-state index in [2.05, 4.69) is 10.2 Å². The van der Waals surface area contributed by atoms with Gasteiger partial charge in [-0.3, -0.25) is 9.69 Å². The molecule has 0 spiro atoms. The zero-order chi connectivity index (χ0) is 14.5. The monoisotopic (exact) mass is 316 g/mol. The zero-order valence-corrected chi connectivity index (χ0v) is 12.9. The van der Waals surface area contributed by atoms with Crippen molar-refractivity contribution in [2.75, 3.05) is 26.2 Å². The van der Waals surface area contributed by atoms with Crippen molar-refractivity contribution in [3.05, 3.63) is 33.8 Å². The van der Waals surface area contributed by atoms with Crippen molar-refractivity contribution in [3.8, 4) is 0 Å². The Morgan fingerprint density at radius 2 is 2.25 bits per heavy atom. The molecule has 0 unspecified atom stereocenters. The third kappa shape index (κ3) is 4.63. The number of carbonyl (C=O) groups excluding carboxylic acids is 1. The fourth-order valence-electron chi connectivity index (χ4n) is 2.20. The first-order valence-electron chi connectivity index (χ1n) is 6.57. The second-order valence-corrected chi connectivity index (χ2v) is 5.73. The molecule has 0 bridgehead atoms. The maximum Gasteiger partial charge on any atom is 0.216 e. The Kier molecular flexibility index (Phi) is 5.66. The van der Waals surface area contributed by atoms with Crippen molar-refractivity contribution in [3.63, 3.8) is 0 Å². The van der Waals surface area contributed by atoms with E-state index < -0.39 is 0 Å². The molecule has 1 aromatic carbocycles. The number of rotatable bonds is 4. The molecule has 1 atom stereocenters. The number of halogens is 2.